The number of rotatable bonds is 7. The number of alkyl halides is 3. The number of para-hydroxylation sites is 1. The van der Waals surface area contributed by atoms with Crippen LogP contribution in [0.15, 0.2) is 24.3 Å². The van der Waals surface area contributed by atoms with Crippen LogP contribution in [-0.4, -0.2) is 49.4 Å². The molecule has 5 nitrogen and oxygen atoms in total. The highest BCUT2D eigenvalue weighted by Gasteiger charge is 2.32. The molecule has 1 aliphatic heterocycles. The number of nitrogens with one attached hydrogen (secondary N) is 2. The minimum atomic E-state index is -4.18. The SMILES string of the molecule is CCOc1ccccc1C(CC)NC(=O)NC1CCN(CC(F)(F)F)CC1. The standard InChI is InChI=1S/C19H28F3N3O2/c1-3-16(15-7-5-6-8-17(15)27-4-2)24-18(26)23-14-9-11-25(12-10-14)13-19(20,21)22/h5-8,14,16H,3-4,9-13H2,1-2H3,(H2,23,24,26). The molecule has 0 aromatic heterocycles. The van der Waals surface area contributed by atoms with Gasteiger partial charge in [-0.1, -0.05) is 25.1 Å². The molecule has 27 heavy (non-hydrogen) atoms. The Morgan fingerprint density at radius 2 is 1.93 bits per heavy atom. The van der Waals surface area contributed by atoms with Crippen LogP contribution in [-0.2, 0) is 0 Å². The molecule has 2 N–H and O–H groups in total. The van der Waals surface area contributed by atoms with Gasteiger partial charge in [0, 0.05) is 24.7 Å². The predicted molar refractivity (Wildman–Crippen MR) is 97.8 cm³/mol. The van der Waals surface area contributed by atoms with E-state index in [0.717, 1.165) is 11.3 Å². The van der Waals surface area contributed by atoms with Crippen LogP contribution in [0.5, 0.6) is 5.75 Å². The van der Waals surface area contributed by atoms with E-state index in [1.54, 1.807) is 0 Å². The van der Waals surface area contributed by atoms with Crippen LogP contribution in [0.1, 0.15) is 44.7 Å². The number of benzene rings is 1. The number of carbonyl (C=O) groups is 1. The van der Waals surface area contributed by atoms with E-state index in [4.69, 9.17) is 4.74 Å². The van der Waals surface area contributed by atoms with Gasteiger partial charge >= 0.3 is 12.2 Å². The zero-order valence-electron chi connectivity index (χ0n) is 15.8. The van der Waals surface area contributed by atoms with Gasteiger partial charge < -0.3 is 15.4 Å². The summed E-state index contributed by atoms with van der Waals surface area (Å²) >= 11 is 0. The first-order chi connectivity index (χ1) is 12.8. The van der Waals surface area contributed by atoms with Gasteiger partial charge in [-0.15, -0.1) is 0 Å². The van der Waals surface area contributed by atoms with E-state index < -0.39 is 12.7 Å². The maximum atomic E-state index is 12.4. The van der Waals surface area contributed by atoms with Gasteiger partial charge in [-0.2, -0.15) is 13.2 Å². The fourth-order valence-corrected chi connectivity index (χ4v) is 3.33. The topological polar surface area (TPSA) is 53.6 Å². The molecule has 1 saturated heterocycles. The fraction of sp³-hybridized carbons (Fsp3) is 0.632. The number of nitrogens with zero attached hydrogens (tertiary/aromatic N) is 1. The Morgan fingerprint density at radius 3 is 2.52 bits per heavy atom. The third-order valence-corrected chi connectivity index (χ3v) is 4.63. The molecule has 2 amide bonds. The minimum absolute atomic E-state index is 0.117. The van der Waals surface area contributed by atoms with Crippen LogP contribution in [0.25, 0.3) is 0 Å². The highest BCUT2D eigenvalue weighted by atomic mass is 19.4. The molecule has 0 saturated carbocycles. The van der Waals surface area contributed by atoms with Crippen molar-refractivity contribution in [2.75, 3.05) is 26.2 Å². The molecule has 0 radical (unpaired) electrons. The van der Waals surface area contributed by atoms with Gasteiger partial charge in [0.05, 0.1) is 19.2 Å². The lowest BCUT2D eigenvalue weighted by molar-refractivity contribution is -0.148. The van der Waals surface area contributed by atoms with Crippen LogP contribution >= 0.6 is 0 Å². The first-order valence-electron chi connectivity index (χ1n) is 9.40. The lowest BCUT2D eigenvalue weighted by Crippen LogP contribution is -2.49. The zero-order valence-corrected chi connectivity index (χ0v) is 15.8. The summed E-state index contributed by atoms with van der Waals surface area (Å²) in [6, 6.07) is 6.97. The molecular weight excluding hydrogens is 359 g/mol. The second kappa shape index (κ2) is 9.82. The van der Waals surface area contributed by atoms with E-state index in [-0.39, 0.29) is 18.1 Å². The minimum Gasteiger partial charge on any atom is -0.494 e. The lowest BCUT2D eigenvalue weighted by Gasteiger charge is -2.33. The van der Waals surface area contributed by atoms with Gasteiger partial charge in [-0.05, 0) is 32.3 Å². The Morgan fingerprint density at radius 1 is 1.26 bits per heavy atom. The van der Waals surface area contributed by atoms with Crippen molar-refractivity contribution in [3.05, 3.63) is 29.8 Å². The molecule has 0 bridgehead atoms. The fourth-order valence-electron chi connectivity index (χ4n) is 3.33. The number of hydrogen-bond acceptors (Lipinski definition) is 3. The normalized spacial score (nSPS) is 17.4. The van der Waals surface area contributed by atoms with Gasteiger partial charge in [-0.3, -0.25) is 4.90 Å². The molecule has 1 fully saturated rings. The summed E-state index contributed by atoms with van der Waals surface area (Å²) in [6.07, 6.45) is -2.47. The van der Waals surface area contributed by atoms with Crippen LogP contribution < -0.4 is 15.4 Å². The first kappa shape index (κ1) is 21.3. The van der Waals surface area contributed by atoms with Gasteiger partial charge in [0.15, 0.2) is 0 Å². The smallest absolute Gasteiger partial charge is 0.401 e. The molecule has 1 unspecified atom stereocenters. The quantitative estimate of drug-likeness (QED) is 0.747. The second-order valence-electron chi connectivity index (χ2n) is 6.72. The van der Waals surface area contributed by atoms with Gasteiger partial charge in [0.25, 0.3) is 0 Å². The Hall–Kier alpha value is -1.96. The maximum absolute atomic E-state index is 12.4. The van der Waals surface area contributed by atoms with Crippen LogP contribution in [0.3, 0.4) is 0 Å². The van der Waals surface area contributed by atoms with E-state index in [1.807, 2.05) is 38.1 Å². The van der Waals surface area contributed by atoms with Crippen LogP contribution in [0.4, 0.5) is 18.0 Å². The van der Waals surface area contributed by atoms with Crippen molar-refractivity contribution in [3.8, 4) is 5.75 Å². The Labute approximate surface area is 158 Å². The van der Waals surface area contributed by atoms with E-state index in [2.05, 4.69) is 10.6 Å². The van der Waals surface area contributed by atoms with E-state index in [9.17, 15) is 18.0 Å². The number of hydrogen-bond donors (Lipinski definition) is 2. The molecule has 0 spiro atoms. The summed E-state index contributed by atoms with van der Waals surface area (Å²) in [5.74, 6) is 0.743. The number of piperidine rings is 1. The molecule has 1 aromatic carbocycles. The average Bonchev–Trinajstić information content (AvgIpc) is 2.61. The molecular formula is C19H28F3N3O2. The molecule has 1 atom stereocenters. The third kappa shape index (κ3) is 6.93. The highest BCUT2D eigenvalue weighted by Crippen LogP contribution is 2.27. The summed E-state index contributed by atoms with van der Waals surface area (Å²) in [4.78, 5) is 13.8. The molecule has 2 rings (SSSR count). The van der Waals surface area contributed by atoms with Gasteiger partial charge in [0.2, 0.25) is 0 Å². The Balaban J connectivity index is 1.86. The highest BCUT2D eigenvalue weighted by molar-refractivity contribution is 5.75. The summed E-state index contributed by atoms with van der Waals surface area (Å²) in [6.45, 7) is 4.18. The molecule has 152 valence electrons. The van der Waals surface area contributed by atoms with Crippen molar-refractivity contribution in [1.29, 1.82) is 0 Å². The van der Waals surface area contributed by atoms with Crippen molar-refractivity contribution in [2.45, 2.75) is 51.4 Å². The lowest BCUT2D eigenvalue weighted by atomic mass is 10.0. The van der Waals surface area contributed by atoms with Crippen molar-refractivity contribution in [2.24, 2.45) is 0 Å². The largest absolute Gasteiger partial charge is 0.494 e. The van der Waals surface area contributed by atoms with Crippen LogP contribution in [0.2, 0.25) is 0 Å². The van der Waals surface area contributed by atoms with Crippen molar-refractivity contribution in [1.82, 2.24) is 15.5 Å². The molecule has 8 heteroatoms. The number of ether oxygens (including phenoxy) is 1. The first-order valence-corrected chi connectivity index (χ1v) is 9.40. The predicted octanol–water partition coefficient (Wildman–Crippen LogP) is 3.86. The summed E-state index contributed by atoms with van der Waals surface area (Å²) in [5, 5.41) is 5.84. The molecule has 0 aliphatic carbocycles. The molecule has 1 aromatic rings. The maximum Gasteiger partial charge on any atom is 0.401 e. The number of carbonyl (C=O) groups excluding carboxylic acids is 1. The second-order valence-corrected chi connectivity index (χ2v) is 6.72. The number of amides is 2. The summed E-state index contributed by atoms with van der Waals surface area (Å²) < 4.78 is 43.0. The summed E-state index contributed by atoms with van der Waals surface area (Å²) in [5.41, 5.74) is 0.914. The van der Waals surface area contributed by atoms with Crippen molar-refractivity contribution < 1.29 is 22.7 Å². The third-order valence-electron chi connectivity index (χ3n) is 4.63. The number of likely N-dealkylation sites (tertiary alicyclic amines) is 1. The Kier molecular flexibility index (Phi) is 7.77. The van der Waals surface area contributed by atoms with Gasteiger partial charge in [-0.25, -0.2) is 4.79 Å². The zero-order chi connectivity index (χ0) is 19.9. The average molecular weight is 387 g/mol. The number of halogens is 3. The van der Waals surface area contributed by atoms with Crippen molar-refractivity contribution >= 4 is 6.03 Å². The van der Waals surface area contributed by atoms with E-state index in [0.29, 0.717) is 39.0 Å². The van der Waals surface area contributed by atoms with Gasteiger partial charge in [0.1, 0.15) is 5.75 Å². The van der Waals surface area contributed by atoms with E-state index in [1.165, 1.54) is 4.90 Å². The van der Waals surface area contributed by atoms with Crippen LogP contribution in [0, 0.1) is 0 Å². The Bertz CT molecular complexity index is 602. The monoisotopic (exact) mass is 387 g/mol. The van der Waals surface area contributed by atoms with E-state index >= 15 is 0 Å². The number of urea groups is 1. The van der Waals surface area contributed by atoms with Crippen molar-refractivity contribution in [3.63, 3.8) is 0 Å². The summed E-state index contributed by atoms with van der Waals surface area (Å²) in [7, 11) is 0. The molecule has 1 heterocycles. The molecule has 1 aliphatic rings.